The van der Waals surface area contributed by atoms with Crippen molar-refractivity contribution in [3.63, 3.8) is 0 Å². The van der Waals surface area contributed by atoms with Gasteiger partial charge < -0.3 is 20.2 Å². The summed E-state index contributed by atoms with van der Waals surface area (Å²) >= 11 is 0. The van der Waals surface area contributed by atoms with Crippen molar-refractivity contribution in [1.29, 1.82) is 0 Å². The maximum absolute atomic E-state index is 14.2. The zero-order valence-corrected chi connectivity index (χ0v) is 24.3. The summed E-state index contributed by atoms with van der Waals surface area (Å²) in [5.74, 6) is -1.79. The fourth-order valence-electron chi connectivity index (χ4n) is 6.66. The molecule has 2 aliphatic rings. The zero-order chi connectivity index (χ0) is 29.7. The smallest absolute Gasteiger partial charge is 0.321 e. The summed E-state index contributed by atoms with van der Waals surface area (Å²) in [7, 11) is 0. The van der Waals surface area contributed by atoms with Gasteiger partial charge in [-0.05, 0) is 67.0 Å². The predicted octanol–water partition coefficient (Wildman–Crippen LogP) is 5.28. The molecule has 0 radical (unpaired) electrons. The Morgan fingerprint density at radius 1 is 1.10 bits per heavy atom. The van der Waals surface area contributed by atoms with Crippen molar-refractivity contribution >= 4 is 5.97 Å². The van der Waals surface area contributed by atoms with E-state index in [1.54, 1.807) is 18.2 Å². The van der Waals surface area contributed by atoms with Crippen molar-refractivity contribution in [2.75, 3.05) is 39.3 Å². The van der Waals surface area contributed by atoms with Gasteiger partial charge >= 0.3 is 5.97 Å². The average molecular weight is 573 g/mol. The van der Waals surface area contributed by atoms with E-state index < -0.39 is 23.6 Å². The van der Waals surface area contributed by atoms with Gasteiger partial charge in [0.1, 0.15) is 11.9 Å². The molecule has 0 aliphatic carbocycles. The molecule has 0 amide bonds. The third kappa shape index (κ3) is 7.63. The molecule has 2 aliphatic heterocycles. The van der Waals surface area contributed by atoms with Crippen LogP contribution < -0.4 is 5.32 Å². The highest BCUT2D eigenvalue weighted by Crippen LogP contribution is 2.36. The van der Waals surface area contributed by atoms with Crippen molar-refractivity contribution in [3.8, 4) is 0 Å². The first kappa shape index (κ1) is 30.9. The molecule has 0 saturated carbocycles. The van der Waals surface area contributed by atoms with E-state index in [2.05, 4.69) is 33.5 Å². The van der Waals surface area contributed by atoms with E-state index in [-0.39, 0.29) is 23.6 Å². The summed E-state index contributed by atoms with van der Waals surface area (Å²) in [6.45, 7) is 15.2. The Bertz CT molecular complexity index is 1200. The summed E-state index contributed by atoms with van der Waals surface area (Å²) in [5, 5.41) is 13.2. The van der Waals surface area contributed by atoms with Crippen LogP contribution in [0.3, 0.4) is 0 Å². The average Bonchev–Trinajstić information content (AvgIpc) is 3.33. The minimum atomic E-state index is -0.859. The molecule has 224 valence electrons. The van der Waals surface area contributed by atoms with Crippen molar-refractivity contribution in [2.24, 2.45) is 11.8 Å². The summed E-state index contributed by atoms with van der Waals surface area (Å²) in [5.41, 5.74) is 1.58. The van der Waals surface area contributed by atoms with Gasteiger partial charge in [-0.15, -0.1) is 0 Å². The minimum absolute atomic E-state index is 0.0287. The third-order valence-electron chi connectivity index (χ3n) is 8.68. The number of nitrogens with zero attached hydrogens (tertiary/aromatic N) is 3. The van der Waals surface area contributed by atoms with Gasteiger partial charge in [0.05, 0.1) is 5.82 Å². The van der Waals surface area contributed by atoms with Gasteiger partial charge in [0.25, 0.3) is 0 Å². The number of rotatable bonds is 12. The Labute approximate surface area is 241 Å². The van der Waals surface area contributed by atoms with Gasteiger partial charge in [0.15, 0.2) is 11.6 Å². The molecule has 2 N–H and O–H groups in total. The van der Waals surface area contributed by atoms with Gasteiger partial charge in [-0.1, -0.05) is 38.6 Å². The van der Waals surface area contributed by atoms with Crippen LogP contribution in [0.25, 0.3) is 0 Å². The zero-order valence-electron chi connectivity index (χ0n) is 24.3. The van der Waals surface area contributed by atoms with Gasteiger partial charge in [0, 0.05) is 57.8 Å². The first-order valence-corrected chi connectivity index (χ1v) is 14.6. The summed E-state index contributed by atoms with van der Waals surface area (Å²) < 4.78 is 41.0. The fraction of sp³-hybridized carbons (Fsp3) is 0.531. The standard InChI is InChI=1S/C32H43F3N4O2/c1-5-39(22(4)36-17-23-9-10-29(34)30(35)15-23)27-11-13-37(14-12-27)18-25-19-38(31(21(2)3)32(40)41)20-28(25)24-7-6-8-26(33)16-24/h6-10,15-16,21,25,27-28,31,36H,4-5,11-14,17-20H2,1-3H3,(H,40,41)/t25-,28+,31+/m0/s1. The first-order valence-electron chi connectivity index (χ1n) is 14.6. The van der Waals surface area contributed by atoms with Crippen molar-refractivity contribution < 1.29 is 23.1 Å². The minimum Gasteiger partial charge on any atom is -0.480 e. The Morgan fingerprint density at radius 2 is 1.83 bits per heavy atom. The second-order valence-corrected chi connectivity index (χ2v) is 11.8. The van der Waals surface area contributed by atoms with Crippen LogP contribution >= 0.6 is 0 Å². The molecule has 0 unspecified atom stereocenters. The third-order valence-corrected chi connectivity index (χ3v) is 8.68. The number of likely N-dealkylation sites (tertiary alicyclic amines) is 2. The molecule has 2 fully saturated rings. The quantitative estimate of drug-likeness (QED) is 0.361. The molecule has 0 bridgehead atoms. The normalized spacial score (nSPS) is 21.2. The number of hydrogen-bond donors (Lipinski definition) is 2. The van der Waals surface area contributed by atoms with Gasteiger partial charge in [-0.3, -0.25) is 9.69 Å². The number of aliphatic carboxylic acids is 1. The predicted molar refractivity (Wildman–Crippen MR) is 155 cm³/mol. The largest absolute Gasteiger partial charge is 0.480 e. The number of benzene rings is 2. The molecule has 41 heavy (non-hydrogen) atoms. The molecule has 4 rings (SSSR count). The Hall–Kier alpha value is -3.04. The lowest BCUT2D eigenvalue weighted by molar-refractivity contribution is -0.144. The second-order valence-electron chi connectivity index (χ2n) is 11.8. The lowest BCUT2D eigenvalue weighted by atomic mass is 9.88. The molecular formula is C32H43F3N4O2. The molecule has 2 heterocycles. The van der Waals surface area contributed by atoms with Crippen molar-refractivity contribution in [1.82, 2.24) is 20.0 Å². The number of piperidine rings is 1. The van der Waals surface area contributed by atoms with Crippen LogP contribution in [-0.2, 0) is 11.3 Å². The van der Waals surface area contributed by atoms with E-state index in [9.17, 15) is 23.1 Å². The fourth-order valence-corrected chi connectivity index (χ4v) is 6.66. The molecule has 2 saturated heterocycles. The SMILES string of the molecule is C=C(NCc1ccc(F)c(F)c1)N(CC)C1CCN(C[C@H]2CN([C@@H](C(=O)O)C(C)C)C[C@@H]2c2cccc(F)c2)CC1. The molecule has 0 spiro atoms. The van der Waals surface area contributed by atoms with Gasteiger partial charge in [-0.25, -0.2) is 13.2 Å². The number of nitrogens with one attached hydrogen (secondary N) is 1. The Morgan fingerprint density at radius 3 is 2.44 bits per heavy atom. The highest BCUT2D eigenvalue weighted by Gasteiger charge is 2.41. The van der Waals surface area contributed by atoms with E-state index in [4.69, 9.17) is 0 Å². The number of hydrogen-bond acceptors (Lipinski definition) is 5. The second kappa shape index (κ2) is 13.7. The lowest BCUT2D eigenvalue weighted by Gasteiger charge is -2.41. The highest BCUT2D eigenvalue weighted by atomic mass is 19.2. The molecule has 3 atom stereocenters. The molecule has 2 aromatic carbocycles. The van der Waals surface area contributed by atoms with E-state index in [1.165, 1.54) is 12.1 Å². The van der Waals surface area contributed by atoms with Gasteiger partial charge in [0.2, 0.25) is 0 Å². The van der Waals surface area contributed by atoms with Crippen LogP contribution in [0.1, 0.15) is 50.7 Å². The molecule has 0 aromatic heterocycles. The van der Waals surface area contributed by atoms with Crippen molar-refractivity contribution in [2.45, 2.75) is 58.2 Å². The van der Waals surface area contributed by atoms with E-state index in [0.29, 0.717) is 31.2 Å². The van der Waals surface area contributed by atoms with E-state index >= 15 is 0 Å². The van der Waals surface area contributed by atoms with Crippen molar-refractivity contribution in [3.05, 3.63) is 83.4 Å². The molecule has 6 nitrogen and oxygen atoms in total. The Kier molecular flexibility index (Phi) is 10.4. The monoisotopic (exact) mass is 572 g/mol. The topological polar surface area (TPSA) is 59.0 Å². The number of carboxylic acids is 1. The first-order chi connectivity index (χ1) is 19.6. The number of halogens is 3. The highest BCUT2D eigenvalue weighted by molar-refractivity contribution is 5.73. The molecule has 9 heteroatoms. The number of carboxylic acid groups (broad SMARTS) is 1. The van der Waals surface area contributed by atoms with Crippen LogP contribution in [0, 0.1) is 29.3 Å². The molecule has 2 aromatic rings. The van der Waals surface area contributed by atoms with Crippen LogP contribution in [0.2, 0.25) is 0 Å². The number of carbonyl (C=O) groups is 1. The Balaban J connectivity index is 1.36. The van der Waals surface area contributed by atoms with Crippen LogP contribution in [0.15, 0.2) is 54.9 Å². The summed E-state index contributed by atoms with van der Waals surface area (Å²) in [6, 6.07) is 10.4. The van der Waals surface area contributed by atoms with E-state index in [0.717, 1.165) is 56.5 Å². The van der Waals surface area contributed by atoms with Crippen LogP contribution in [-0.4, -0.2) is 77.1 Å². The van der Waals surface area contributed by atoms with Crippen LogP contribution in [0.5, 0.6) is 0 Å². The lowest BCUT2D eigenvalue weighted by Crippen LogP contribution is -2.48. The maximum atomic E-state index is 14.2. The van der Waals surface area contributed by atoms with Crippen LogP contribution in [0.4, 0.5) is 13.2 Å². The maximum Gasteiger partial charge on any atom is 0.321 e. The van der Waals surface area contributed by atoms with E-state index in [1.807, 2.05) is 19.9 Å². The summed E-state index contributed by atoms with van der Waals surface area (Å²) in [4.78, 5) is 18.9. The summed E-state index contributed by atoms with van der Waals surface area (Å²) in [6.07, 6.45) is 1.90. The molecular weight excluding hydrogens is 529 g/mol. The van der Waals surface area contributed by atoms with Gasteiger partial charge in [-0.2, -0.15) is 0 Å².